The summed E-state index contributed by atoms with van der Waals surface area (Å²) in [4.78, 5) is 0. The van der Waals surface area contributed by atoms with Gasteiger partial charge in [-0.1, -0.05) is 12.1 Å². The number of benzene rings is 1. The number of rotatable bonds is 3. The smallest absolute Gasteiger partial charge is 0.133 e. The van der Waals surface area contributed by atoms with Crippen molar-refractivity contribution in [2.75, 3.05) is 12.8 Å². The van der Waals surface area contributed by atoms with E-state index >= 15 is 0 Å². The van der Waals surface area contributed by atoms with Gasteiger partial charge in [0, 0.05) is 7.05 Å². The molecule has 2 aromatic heterocycles. The predicted molar refractivity (Wildman–Crippen MR) is 75.0 cm³/mol. The molecule has 0 bridgehead atoms. The zero-order chi connectivity index (χ0) is 14.1. The van der Waals surface area contributed by atoms with Crippen molar-refractivity contribution in [3.8, 4) is 28.3 Å². The number of H-pyrrole nitrogens is 1. The lowest BCUT2D eigenvalue weighted by molar-refractivity contribution is 0.415. The van der Waals surface area contributed by atoms with Gasteiger partial charge in [-0.2, -0.15) is 20.5 Å². The molecule has 3 aromatic rings. The molecule has 3 rings (SSSR count). The van der Waals surface area contributed by atoms with Crippen molar-refractivity contribution >= 4 is 5.82 Å². The number of aromatic nitrogens is 5. The second kappa shape index (κ2) is 4.69. The second-order valence-electron chi connectivity index (χ2n) is 4.32. The largest absolute Gasteiger partial charge is 0.497 e. The average molecular weight is 270 g/mol. The first-order valence-corrected chi connectivity index (χ1v) is 6.03. The summed E-state index contributed by atoms with van der Waals surface area (Å²) >= 11 is 0. The minimum atomic E-state index is 0.577. The molecule has 0 radical (unpaired) electrons. The third-order valence-electron chi connectivity index (χ3n) is 3.13. The van der Waals surface area contributed by atoms with Gasteiger partial charge in [-0.3, -0.25) is 4.68 Å². The number of methoxy groups -OCH3 is 1. The summed E-state index contributed by atoms with van der Waals surface area (Å²) in [6.07, 6.45) is 1.62. The molecule has 0 spiro atoms. The van der Waals surface area contributed by atoms with Crippen LogP contribution in [0.15, 0.2) is 30.5 Å². The van der Waals surface area contributed by atoms with Gasteiger partial charge in [0.05, 0.1) is 18.9 Å². The number of aromatic amines is 1. The van der Waals surface area contributed by atoms with Crippen molar-refractivity contribution in [3.05, 3.63) is 30.5 Å². The van der Waals surface area contributed by atoms with Crippen LogP contribution in [0.3, 0.4) is 0 Å². The second-order valence-corrected chi connectivity index (χ2v) is 4.32. The van der Waals surface area contributed by atoms with E-state index in [-0.39, 0.29) is 0 Å². The Morgan fingerprint density at radius 2 is 2.00 bits per heavy atom. The maximum Gasteiger partial charge on any atom is 0.133 e. The summed E-state index contributed by atoms with van der Waals surface area (Å²) in [5.41, 5.74) is 9.27. The van der Waals surface area contributed by atoms with E-state index in [0.717, 1.165) is 16.9 Å². The van der Waals surface area contributed by atoms with Crippen LogP contribution in [-0.2, 0) is 7.05 Å². The summed E-state index contributed by atoms with van der Waals surface area (Å²) in [6.45, 7) is 0. The number of ether oxygens (including phenoxy) is 1. The Kier molecular flexibility index (Phi) is 2.86. The van der Waals surface area contributed by atoms with Gasteiger partial charge in [-0.15, -0.1) is 0 Å². The van der Waals surface area contributed by atoms with Crippen LogP contribution in [0.4, 0.5) is 5.82 Å². The van der Waals surface area contributed by atoms with E-state index in [1.54, 1.807) is 25.0 Å². The van der Waals surface area contributed by atoms with Gasteiger partial charge < -0.3 is 10.5 Å². The van der Waals surface area contributed by atoms with Crippen molar-refractivity contribution in [2.45, 2.75) is 0 Å². The molecule has 0 aliphatic rings. The van der Waals surface area contributed by atoms with Crippen LogP contribution in [0.1, 0.15) is 0 Å². The molecule has 0 aliphatic carbocycles. The Morgan fingerprint density at radius 1 is 1.25 bits per heavy atom. The highest BCUT2D eigenvalue weighted by Gasteiger charge is 2.19. The number of nitrogens with two attached hydrogens (primary N) is 1. The number of nitrogens with zero attached hydrogens (tertiary/aromatic N) is 4. The lowest BCUT2D eigenvalue weighted by atomic mass is 10.0. The molecular weight excluding hydrogens is 256 g/mol. The quantitative estimate of drug-likeness (QED) is 0.751. The van der Waals surface area contributed by atoms with Gasteiger partial charge in [0.15, 0.2) is 0 Å². The SMILES string of the molecule is COc1ccc(-c2c(-c3cn[nH]n3)nn(C)c2N)cc1. The summed E-state index contributed by atoms with van der Waals surface area (Å²) < 4.78 is 6.79. The van der Waals surface area contributed by atoms with E-state index in [1.165, 1.54) is 0 Å². The number of anilines is 1. The minimum absolute atomic E-state index is 0.577. The van der Waals surface area contributed by atoms with E-state index in [1.807, 2.05) is 24.3 Å². The van der Waals surface area contributed by atoms with Crippen molar-refractivity contribution in [3.63, 3.8) is 0 Å². The molecule has 0 amide bonds. The molecule has 0 saturated carbocycles. The molecular formula is C13H14N6O. The molecule has 20 heavy (non-hydrogen) atoms. The predicted octanol–water partition coefficient (Wildman–Crippen LogP) is 1.46. The molecule has 2 heterocycles. The van der Waals surface area contributed by atoms with Crippen LogP contribution in [0, 0.1) is 0 Å². The molecule has 3 N–H and O–H groups in total. The average Bonchev–Trinajstić information content (AvgIpc) is 3.09. The Hall–Kier alpha value is -2.83. The molecule has 102 valence electrons. The monoisotopic (exact) mass is 270 g/mol. The maximum atomic E-state index is 6.12. The number of aryl methyl sites for hydroxylation is 1. The lowest BCUT2D eigenvalue weighted by Crippen LogP contribution is -1.98. The van der Waals surface area contributed by atoms with Crippen LogP contribution in [0.5, 0.6) is 5.75 Å². The third-order valence-corrected chi connectivity index (χ3v) is 3.13. The number of nitrogen functional groups attached to an aromatic ring is 1. The number of hydrogen-bond acceptors (Lipinski definition) is 5. The first kappa shape index (κ1) is 12.2. The van der Waals surface area contributed by atoms with E-state index in [4.69, 9.17) is 10.5 Å². The molecule has 0 unspecified atom stereocenters. The van der Waals surface area contributed by atoms with Gasteiger partial charge in [-0.05, 0) is 17.7 Å². The standard InChI is InChI=1S/C13H14N6O/c1-19-13(14)11(8-3-5-9(20-2)6-4-8)12(17-19)10-7-15-18-16-10/h3-7H,14H2,1-2H3,(H,15,16,18). The highest BCUT2D eigenvalue weighted by molar-refractivity contribution is 5.86. The van der Waals surface area contributed by atoms with Crippen molar-refractivity contribution in [1.29, 1.82) is 0 Å². The lowest BCUT2D eigenvalue weighted by Gasteiger charge is -2.04. The number of hydrogen-bond donors (Lipinski definition) is 2. The van der Waals surface area contributed by atoms with E-state index in [9.17, 15) is 0 Å². The van der Waals surface area contributed by atoms with Crippen LogP contribution < -0.4 is 10.5 Å². The molecule has 0 saturated heterocycles. The maximum absolute atomic E-state index is 6.12. The summed E-state index contributed by atoms with van der Waals surface area (Å²) in [6, 6.07) is 7.65. The first-order valence-electron chi connectivity index (χ1n) is 6.03. The topological polar surface area (TPSA) is 94.6 Å². The fraction of sp³-hybridized carbons (Fsp3) is 0.154. The van der Waals surface area contributed by atoms with Gasteiger partial charge >= 0.3 is 0 Å². The molecule has 1 aromatic carbocycles. The van der Waals surface area contributed by atoms with Crippen molar-refractivity contribution in [1.82, 2.24) is 25.2 Å². The Balaban J connectivity index is 2.16. The fourth-order valence-electron chi connectivity index (χ4n) is 2.07. The van der Waals surface area contributed by atoms with Crippen LogP contribution in [0.25, 0.3) is 22.5 Å². The zero-order valence-corrected chi connectivity index (χ0v) is 11.2. The number of nitrogens with one attached hydrogen (secondary N) is 1. The van der Waals surface area contributed by atoms with Crippen LogP contribution >= 0.6 is 0 Å². The Bertz CT molecular complexity index is 714. The zero-order valence-electron chi connectivity index (χ0n) is 11.2. The Morgan fingerprint density at radius 3 is 2.60 bits per heavy atom. The third kappa shape index (κ3) is 1.89. The summed E-state index contributed by atoms with van der Waals surface area (Å²) in [5, 5.41) is 14.9. The molecule has 0 atom stereocenters. The minimum Gasteiger partial charge on any atom is -0.497 e. The summed E-state index contributed by atoms with van der Waals surface area (Å²) in [7, 11) is 3.43. The van der Waals surface area contributed by atoms with Gasteiger partial charge in [-0.25, -0.2) is 0 Å². The fourth-order valence-corrected chi connectivity index (χ4v) is 2.07. The van der Waals surface area contributed by atoms with Crippen molar-refractivity contribution < 1.29 is 4.74 Å². The molecule has 7 heteroatoms. The highest BCUT2D eigenvalue weighted by Crippen LogP contribution is 2.35. The molecule has 7 nitrogen and oxygen atoms in total. The van der Waals surface area contributed by atoms with Gasteiger partial charge in [0.1, 0.15) is 23.0 Å². The van der Waals surface area contributed by atoms with Gasteiger partial charge in [0.25, 0.3) is 0 Å². The van der Waals surface area contributed by atoms with Gasteiger partial charge in [0.2, 0.25) is 0 Å². The van der Waals surface area contributed by atoms with Crippen molar-refractivity contribution in [2.24, 2.45) is 7.05 Å². The Labute approximate surface area is 115 Å². The normalized spacial score (nSPS) is 10.7. The molecule has 0 fully saturated rings. The first-order chi connectivity index (χ1) is 9.70. The molecule has 0 aliphatic heterocycles. The van der Waals surface area contributed by atoms with Crippen LogP contribution in [-0.4, -0.2) is 32.3 Å². The summed E-state index contributed by atoms with van der Waals surface area (Å²) in [5.74, 6) is 1.37. The highest BCUT2D eigenvalue weighted by atomic mass is 16.5. The van der Waals surface area contributed by atoms with E-state index in [0.29, 0.717) is 17.2 Å². The van der Waals surface area contributed by atoms with Crippen LogP contribution in [0.2, 0.25) is 0 Å². The van der Waals surface area contributed by atoms with E-state index in [2.05, 4.69) is 20.5 Å². The van der Waals surface area contributed by atoms with E-state index < -0.39 is 0 Å².